The maximum atomic E-state index is 5.92. The van der Waals surface area contributed by atoms with Gasteiger partial charge in [0.15, 0.2) is 0 Å². The van der Waals surface area contributed by atoms with Gasteiger partial charge in [0.25, 0.3) is 0 Å². The van der Waals surface area contributed by atoms with Crippen LogP contribution in [0.4, 0.5) is 0 Å². The van der Waals surface area contributed by atoms with E-state index in [1.165, 1.54) is 5.56 Å². The molecule has 0 saturated carbocycles. The van der Waals surface area contributed by atoms with Crippen LogP contribution in [0.1, 0.15) is 23.2 Å². The minimum Gasteiger partial charge on any atom is -0.368 e. The van der Waals surface area contributed by atoms with Crippen LogP contribution >= 0.6 is 0 Å². The lowest BCUT2D eigenvalue weighted by Crippen LogP contribution is -2.39. The van der Waals surface area contributed by atoms with Gasteiger partial charge >= 0.3 is 0 Å². The van der Waals surface area contributed by atoms with Crippen LogP contribution in [0.25, 0.3) is 0 Å². The highest BCUT2D eigenvalue weighted by Gasteiger charge is 2.24. The monoisotopic (exact) mass is 314 g/mol. The van der Waals surface area contributed by atoms with E-state index in [0.717, 1.165) is 50.7 Å². The first-order valence-electron chi connectivity index (χ1n) is 8.27. The number of H-pyrrole nitrogens is 1. The Morgan fingerprint density at radius 2 is 2.13 bits per heavy atom. The summed E-state index contributed by atoms with van der Waals surface area (Å²) in [6, 6.07) is 10.7. The van der Waals surface area contributed by atoms with Crippen molar-refractivity contribution >= 4 is 0 Å². The van der Waals surface area contributed by atoms with E-state index in [4.69, 9.17) is 4.74 Å². The summed E-state index contributed by atoms with van der Waals surface area (Å²) in [4.78, 5) is 12.5. The Morgan fingerprint density at radius 1 is 1.30 bits per heavy atom. The summed E-state index contributed by atoms with van der Waals surface area (Å²) in [5, 5.41) is 0. The maximum Gasteiger partial charge on any atom is 0.136 e. The Morgan fingerprint density at radius 3 is 2.91 bits per heavy atom. The molecule has 1 N–H and O–H groups in total. The molecule has 2 heterocycles. The Hall–Kier alpha value is -1.69. The molecule has 5 nitrogen and oxygen atoms in total. The van der Waals surface area contributed by atoms with Crippen LogP contribution in [-0.2, 0) is 17.7 Å². The first kappa shape index (κ1) is 16.2. The van der Waals surface area contributed by atoms with E-state index in [9.17, 15) is 0 Å². The van der Waals surface area contributed by atoms with Gasteiger partial charge in [-0.3, -0.25) is 4.90 Å². The Bertz CT molecular complexity index is 596. The van der Waals surface area contributed by atoms with Crippen molar-refractivity contribution in [3.63, 3.8) is 0 Å². The average molecular weight is 314 g/mol. The van der Waals surface area contributed by atoms with E-state index in [1.807, 2.05) is 6.20 Å². The van der Waals surface area contributed by atoms with E-state index >= 15 is 0 Å². The van der Waals surface area contributed by atoms with Crippen molar-refractivity contribution in [2.24, 2.45) is 0 Å². The standard InChI is InChI=1S/C18H26N4O/c1-21(2)13-16-12-19-18(20-16)17-14-22(10-11-23-17)9-8-15-6-4-3-5-7-15/h3-7,12,17H,8-11,13-14H2,1-2H3,(H,19,20). The Balaban J connectivity index is 1.54. The second-order valence-corrected chi connectivity index (χ2v) is 6.43. The molecule has 3 rings (SSSR count). The molecule has 1 saturated heterocycles. The third-order valence-electron chi connectivity index (χ3n) is 4.15. The molecule has 1 fully saturated rings. The van der Waals surface area contributed by atoms with Gasteiger partial charge in [0.1, 0.15) is 11.9 Å². The maximum absolute atomic E-state index is 5.92. The van der Waals surface area contributed by atoms with E-state index in [-0.39, 0.29) is 6.10 Å². The molecular formula is C18H26N4O. The summed E-state index contributed by atoms with van der Waals surface area (Å²) in [7, 11) is 4.12. The van der Waals surface area contributed by atoms with Crippen LogP contribution in [0, 0.1) is 0 Å². The molecule has 1 aliphatic rings. The molecule has 5 heteroatoms. The zero-order chi connectivity index (χ0) is 16.1. The zero-order valence-electron chi connectivity index (χ0n) is 14.0. The number of morpholine rings is 1. The van der Waals surface area contributed by atoms with Crippen LogP contribution in [0.2, 0.25) is 0 Å². The van der Waals surface area contributed by atoms with Gasteiger partial charge in [-0.1, -0.05) is 30.3 Å². The van der Waals surface area contributed by atoms with Crippen molar-refractivity contribution in [1.29, 1.82) is 0 Å². The van der Waals surface area contributed by atoms with Crippen LogP contribution in [-0.4, -0.2) is 60.1 Å². The quantitative estimate of drug-likeness (QED) is 0.887. The molecule has 1 aliphatic heterocycles. The van der Waals surface area contributed by atoms with Crippen molar-refractivity contribution in [2.45, 2.75) is 19.1 Å². The normalized spacial score (nSPS) is 19.3. The second-order valence-electron chi connectivity index (χ2n) is 6.43. The number of hydrogen-bond acceptors (Lipinski definition) is 4. The Kier molecular flexibility index (Phi) is 5.43. The lowest BCUT2D eigenvalue weighted by molar-refractivity contribution is -0.0336. The van der Waals surface area contributed by atoms with Crippen molar-refractivity contribution in [2.75, 3.05) is 40.3 Å². The summed E-state index contributed by atoms with van der Waals surface area (Å²) in [6.07, 6.45) is 3.05. The lowest BCUT2D eigenvalue weighted by Gasteiger charge is -2.32. The first-order chi connectivity index (χ1) is 11.2. The van der Waals surface area contributed by atoms with E-state index in [2.05, 4.69) is 64.2 Å². The largest absolute Gasteiger partial charge is 0.368 e. The number of aromatic nitrogens is 2. The van der Waals surface area contributed by atoms with Gasteiger partial charge in [0, 0.05) is 38.1 Å². The predicted octanol–water partition coefficient (Wildman–Crippen LogP) is 2.09. The van der Waals surface area contributed by atoms with Crippen molar-refractivity contribution in [1.82, 2.24) is 19.8 Å². The summed E-state index contributed by atoms with van der Waals surface area (Å²) in [5.74, 6) is 0.950. The molecule has 124 valence electrons. The van der Waals surface area contributed by atoms with Gasteiger partial charge in [0.2, 0.25) is 0 Å². The molecule has 1 atom stereocenters. The third-order valence-corrected chi connectivity index (χ3v) is 4.15. The number of nitrogens with zero attached hydrogens (tertiary/aromatic N) is 3. The van der Waals surface area contributed by atoms with Crippen molar-refractivity contribution < 1.29 is 4.74 Å². The summed E-state index contributed by atoms with van der Waals surface area (Å²) in [6.45, 7) is 4.60. The van der Waals surface area contributed by atoms with Crippen molar-refractivity contribution in [3.8, 4) is 0 Å². The van der Waals surface area contributed by atoms with Crippen LogP contribution in [0.3, 0.4) is 0 Å². The van der Waals surface area contributed by atoms with Gasteiger partial charge < -0.3 is 14.6 Å². The van der Waals surface area contributed by atoms with Crippen molar-refractivity contribution in [3.05, 3.63) is 53.6 Å². The zero-order valence-corrected chi connectivity index (χ0v) is 14.0. The molecule has 1 unspecified atom stereocenters. The summed E-state index contributed by atoms with van der Waals surface area (Å²) < 4.78 is 5.92. The summed E-state index contributed by atoms with van der Waals surface area (Å²) in [5.41, 5.74) is 2.52. The molecule has 0 radical (unpaired) electrons. The topological polar surface area (TPSA) is 44.4 Å². The van der Waals surface area contributed by atoms with Crippen LogP contribution in [0.15, 0.2) is 36.5 Å². The van der Waals surface area contributed by atoms with Crippen LogP contribution < -0.4 is 0 Å². The molecule has 0 amide bonds. The molecular weight excluding hydrogens is 288 g/mol. The summed E-state index contributed by atoms with van der Waals surface area (Å²) >= 11 is 0. The minimum atomic E-state index is 0.0513. The number of rotatable bonds is 6. The van der Waals surface area contributed by atoms with Gasteiger partial charge in [-0.25, -0.2) is 4.98 Å². The second kappa shape index (κ2) is 7.73. The number of nitrogens with one attached hydrogen (secondary N) is 1. The highest BCUT2D eigenvalue weighted by atomic mass is 16.5. The smallest absolute Gasteiger partial charge is 0.136 e. The first-order valence-corrected chi connectivity index (χ1v) is 8.27. The molecule has 23 heavy (non-hydrogen) atoms. The van der Waals surface area contributed by atoms with E-state index in [1.54, 1.807) is 0 Å². The van der Waals surface area contributed by atoms with Gasteiger partial charge in [-0.05, 0) is 26.1 Å². The number of ether oxygens (including phenoxy) is 1. The van der Waals surface area contributed by atoms with E-state index in [0.29, 0.717) is 0 Å². The lowest BCUT2D eigenvalue weighted by atomic mass is 10.1. The fourth-order valence-corrected chi connectivity index (χ4v) is 2.96. The minimum absolute atomic E-state index is 0.0513. The number of benzene rings is 1. The van der Waals surface area contributed by atoms with Gasteiger partial charge in [-0.2, -0.15) is 0 Å². The fourth-order valence-electron chi connectivity index (χ4n) is 2.96. The molecule has 0 spiro atoms. The molecule has 2 aromatic rings. The van der Waals surface area contributed by atoms with E-state index < -0.39 is 0 Å². The fraction of sp³-hybridized carbons (Fsp3) is 0.500. The molecule has 1 aromatic carbocycles. The highest BCUT2D eigenvalue weighted by molar-refractivity contribution is 5.15. The van der Waals surface area contributed by atoms with Crippen LogP contribution in [0.5, 0.6) is 0 Å². The number of hydrogen-bond donors (Lipinski definition) is 1. The highest BCUT2D eigenvalue weighted by Crippen LogP contribution is 2.20. The SMILES string of the molecule is CN(C)Cc1cnc(C2CN(CCc3ccccc3)CCO2)[nH]1. The molecule has 0 bridgehead atoms. The van der Waals surface area contributed by atoms with Gasteiger partial charge in [-0.15, -0.1) is 0 Å². The molecule has 0 aliphatic carbocycles. The number of imidazole rings is 1. The van der Waals surface area contributed by atoms with Gasteiger partial charge in [0.05, 0.1) is 6.61 Å². The Labute approximate surface area is 138 Å². The predicted molar refractivity (Wildman–Crippen MR) is 91.3 cm³/mol. The third kappa shape index (κ3) is 4.64. The average Bonchev–Trinajstić information content (AvgIpc) is 3.02. The number of aromatic amines is 1. The molecule has 1 aromatic heterocycles.